The monoisotopic (exact) mass is 368 g/mol. The van der Waals surface area contributed by atoms with Gasteiger partial charge in [0.25, 0.3) is 5.91 Å². The molecule has 6 heteroatoms. The maximum atomic E-state index is 12.9. The van der Waals surface area contributed by atoms with Crippen LogP contribution in [0.3, 0.4) is 0 Å². The van der Waals surface area contributed by atoms with Crippen LogP contribution in [0, 0.1) is 0 Å². The molecule has 0 unspecified atom stereocenters. The molecule has 0 radical (unpaired) electrons. The van der Waals surface area contributed by atoms with Crippen molar-refractivity contribution in [1.82, 2.24) is 9.80 Å². The molecule has 2 aliphatic rings. The molecule has 1 saturated heterocycles. The van der Waals surface area contributed by atoms with Crippen LogP contribution >= 0.6 is 0 Å². The van der Waals surface area contributed by atoms with E-state index in [1.54, 1.807) is 7.11 Å². The Balaban J connectivity index is 1.34. The van der Waals surface area contributed by atoms with Crippen molar-refractivity contribution < 1.29 is 19.0 Å². The van der Waals surface area contributed by atoms with E-state index >= 15 is 0 Å². The van der Waals surface area contributed by atoms with Gasteiger partial charge in [0.05, 0.1) is 0 Å². The van der Waals surface area contributed by atoms with Crippen molar-refractivity contribution in [3.05, 3.63) is 59.7 Å². The third-order valence-electron chi connectivity index (χ3n) is 5.09. The van der Waals surface area contributed by atoms with E-state index in [0.717, 1.165) is 36.7 Å². The fraction of sp³-hybridized carbons (Fsp3) is 0.381. The number of fused-ring (bicyclic) bond motifs is 1. The Morgan fingerprint density at radius 3 is 2.52 bits per heavy atom. The van der Waals surface area contributed by atoms with E-state index < -0.39 is 6.10 Å². The third kappa shape index (κ3) is 3.91. The van der Waals surface area contributed by atoms with Crippen molar-refractivity contribution in [3.8, 4) is 11.5 Å². The molecule has 1 atom stereocenters. The fourth-order valence-corrected chi connectivity index (χ4v) is 3.60. The van der Waals surface area contributed by atoms with Crippen LogP contribution in [0.1, 0.15) is 17.2 Å². The first kappa shape index (κ1) is 17.8. The number of hydrogen-bond donors (Lipinski definition) is 0. The first-order chi connectivity index (χ1) is 13.2. The molecular formula is C21H24N2O4. The minimum atomic E-state index is -0.536. The molecule has 2 aliphatic heterocycles. The van der Waals surface area contributed by atoms with Gasteiger partial charge in [0.2, 0.25) is 6.79 Å². The lowest BCUT2D eigenvalue weighted by Crippen LogP contribution is -2.49. The number of rotatable bonds is 5. The number of amides is 1. The van der Waals surface area contributed by atoms with Crippen LogP contribution in [0.4, 0.5) is 0 Å². The average molecular weight is 368 g/mol. The van der Waals surface area contributed by atoms with Crippen LogP contribution in [0.5, 0.6) is 11.5 Å². The highest BCUT2D eigenvalue weighted by atomic mass is 16.7. The van der Waals surface area contributed by atoms with E-state index in [9.17, 15) is 4.79 Å². The molecule has 0 N–H and O–H groups in total. The predicted octanol–water partition coefficient (Wildman–Crippen LogP) is 2.45. The molecule has 1 amide bonds. The second-order valence-electron chi connectivity index (χ2n) is 6.82. The van der Waals surface area contributed by atoms with Crippen molar-refractivity contribution in [2.75, 3.05) is 40.1 Å². The van der Waals surface area contributed by atoms with Gasteiger partial charge >= 0.3 is 0 Å². The van der Waals surface area contributed by atoms with Crippen molar-refractivity contribution in [1.29, 1.82) is 0 Å². The largest absolute Gasteiger partial charge is 0.454 e. The van der Waals surface area contributed by atoms with Gasteiger partial charge in [-0.3, -0.25) is 9.69 Å². The summed E-state index contributed by atoms with van der Waals surface area (Å²) >= 11 is 0. The van der Waals surface area contributed by atoms with Crippen LogP contribution < -0.4 is 9.47 Å². The van der Waals surface area contributed by atoms with Gasteiger partial charge < -0.3 is 19.1 Å². The van der Waals surface area contributed by atoms with Gasteiger partial charge in [-0.2, -0.15) is 0 Å². The average Bonchev–Trinajstić information content (AvgIpc) is 3.18. The highest BCUT2D eigenvalue weighted by Gasteiger charge is 2.28. The van der Waals surface area contributed by atoms with Crippen molar-refractivity contribution in [2.45, 2.75) is 12.6 Å². The summed E-state index contributed by atoms with van der Waals surface area (Å²) in [6.45, 7) is 4.22. The zero-order valence-electron chi connectivity index (χ0n) is 15.5. The van der Waals surface area contributed by atoms with E-state index in [0.29, 0.717) is 19.9 Å². The molecule has 0 aliphatic carbocycles. The second kappa shape index (κ2) is 7.98. The number of benzene rings is 2. The minimum Gasteiger partial charge on any atom is -0.454 e. The normalized spacial score (nSPS) is 17.7. The molecule has 2 aromatic rings. The van der Waals surface area contributed by atoms with Gasteiger partial charge in [0.1, 0.15) is 0 Å². The summed E-state index contributed by atoms with van der Waals surface area (Å²) in [7, 11) is 1.59. The van der Waals surface area contributed by atoms with Crippen LogP contribution in [0.15, 0.2) is 48.5 Å². The molecule has 2 aromatic carbocycles. The van der Waals surface area contributed by atoms with E-state index in [4.69, 9.17) is 14.2 Å². The van der Waals surface area contributed by atoms with Gasteiger partial charge in [0.15, 0.2) is 17.6 Å². The Hall–Kier alpha value is -2.57. The summed E-state index contributed by atoms with van der Waals surface area (Å²) in [4.78, 5) is 17.1. The number of methoxy groups -OCH3 is 1. The molecule has 27 heavy (non-hydrogen) atoms. The molecule has 142 valence electrons. The Bertz CT molecular complexity index is 788. The van der Waals surface area contributed by atoms with Gasteiger partial charge in [-0.05, 0) is 23.3 Å². The highest BCUT2D eigenvalue weighted by Crippen LogP contribution is 2.33. The van der Waals surface area contributed by atoms with Crippen molar-refractivity contribution >= 4 is 5.91 Å². The number of hydrogen-bond acceptors (Lipinski definition) is 5. The van der Waals surface area contributed by atoms with Crippen LogP contribution in [-0.4, -0.2) is 55.8 Å². The second-order valence-corrected chi connectivity index (χ2v) is 6.82. The quantitative estimate of drug-likeness (QED) is 0.811. The number of piperazine rings is 1. The zero-order chi connectivity index (χ0) is 18.6. The number of carbonyl (C=O) groups excluding carboxylic acids is 1. The number of ether oxygens (including phenoxy) is 3. The molecule has 2 heterocycles. The molecule has 0 spiro atoms. The summed E-state index contributed by atoms with van der Waals surface area (Å²) in [6, 6.07) is 15.7. The molecule has 4 rings (SSSR count). The van der Waals surface area contributed by atoms with Gasteiger partial charge in [-0.25, -0.2) is 0 Å². The van der Waals surface area contributed by atoms with Gasteiger partial charge in [0, 0.05) is 39.8 Å². The van der Waals surface area contributed by atoms with Crippen LogP contribution in [0.2, 0.25) is 0 Å². The van der Waals surface area contributed by atoms with E-state index in [1.165, 1.54) is 5.56 Å². The maximum absolute atomic E-state index is 12.9. The van der Waals surface area contributed by atoms with E-state index in [-0.39, 0.29) is 5.91 Å². The van der Waals surface area contributed by atoms with E-state index in [1.807, 2.05) is 47.4 Å². The minimum absolute atomic E-state index is 0.0337. The zero-order valence-corrected chi connectivity index (χ0v) is 15.5. The Kier molecular flexibility index (Phi) is 5.27. The summed E-state index contributed by atoms with van der Waals surface area (Å²) in [5, 5.41) is 0. The first-order valence-corrected chi connectivity index (χ1v) is 9.22. The number of carbonyl (C=O) groups is 1. The van der Waals surface area contributed by atoms with Crippen molar-refractivity contribution in [3.63, 3.8) is 0 Å². The molecular weight excluding hydrogens is 344 g/mol. The van der Waals surface area contributed by atoms with Gasteiger partial charge in [-0.1, -0.05) is 36.4 Å². The molecule has 0 bridgehead atoms. The topological polar surface area (TPSA) is 51.2 Å². The fourth-order valence-electron chi connectivity index (χ4n) is 3.60. The molecule has 0 saturated carbocycles. The lowest BCUT2D eigenvalue weighted by molar-refractivity contribution is -0.144. The molecule has 0 aromatic heterocycles. The summed E-state index contributed by atoms with van der Waals surface area (Å²) in [6.07, 6.45) is -0.536. The smallest absolute Gasteiger partial charge is 0.256 e. The summed E-state index contributed by atoms with van der Waals surface area (Å²) in [5.74, 6) is 1.65. The summed E-state index contributed by atoms with van der Waals surface area (Å²) < 4.78 is 16.3. The molecule has 1 fully saturated rings. The Morgan fingerprint density at radius 1 is 1.04 bits per heavy atom. The van der Waals surface area contributed by atoms with Gasteiger partial charge in [-0.15, -0.1) is 0 Å². The standard InChI is InChI=1S/C21H24N2O4/c1-25-20(17-5-3-2-4-6-17)21(24)23-11-9-22(10-12-23)14-16-7-8-18-19(13-16)27-15-26-18/h2-8,13,20H,9-12,14-15H2,1H3/t20-/m0/s1. The van der Waals surface area contributed by atoms with Crippen molar-refractivity contribution in [2.24, 2.45) is 0 Å². The SMILES string of the molecule is CO[C@H](C(=O)N1CCN(Cc2ccc3c(c2)OCO3)CC1)c1ccccc1. The predicted molar refractivity (Wildman–Crippen MR) is 101 cm³/mol. The van der Waals surface area contributed by atoms with Crippen LogP contribution in [0.25, 0.3) is 0 Å². The maximum Gasteiger partial charge on any atom is 0.256 e. The Labute approximate surface area is 159 Å². The Morgan fingerprint density at radius 2 is 1.78 bits per heavy atom. The van der Waals surface area contributed by atoms with E-state index in [2.05, 4.69) is 11.0 Å². The number of nitrogens with zero attached hydrogens (tertiary/aromatic N) is 2. The highest BCUT2D eigenvalue weighted by molar-refractivity contribution is 5.82. The molecule has 6 nitrogen and oxygen atoms in total. The lowest BCUT2D eigenvalue weighted by Gasteiger charge is -2.36. The summed E-state index contributed by atoms with van der Waals surface area (Å²) in [5.41, 5.74) is 2.09. The third-order valence-corrected chi connectivity index (χ3v) is 5.09. The van der Waals surface area contributed by atoms with Crippen LogP contribution in [-0.2, 0) is 16.1 Å². The first-order valence-electron chi connectivity index (χ1n) is 9.22. The lowest BCUT2D eigenvalue weighted by atomic mass is 10.1.